The van der Waals surface area contributed by atoms with Crippen LogP contribution >= 0.6 is 11.3 Å². The highest BCUT2D eigenvalue weighted by Gasteiger charge is 2.12. The van der Waals surface area contributed by atoms with Crippen LogP contribution in [0.2, 0.25) is 0 Å². The number of anilines is 1. The van der Waals surface area contributed by atoms with Gasteiger partial charge in [-0.2, -0.15) is 0 Å². The Morgan fingerprint density at radius 3 is 3.00 bits per heavy atom. The first-order valence-corrected chi connectivity index (χ1v) is 7.63. The van der Waals surface area contributed by atoms with Crippen molar-refractivity contribution in [2.75, 3.05) is 5.32 Å². The van der Waals surface area contributed by atoms with Gasteiger partial charge in [-0.1, -0.05) is 12.1 Å². The highest BCUT2D eigenvalue weighted by Crippen LogP contribution is 2.30. The molecule has 1 aromatic carbocycles. The third-order valence-electron chi connectivity index (χ3n) is 3.33. The molecule has 3 heterocycles. The summed E-state index contributed by atoms with van der Waals surface area (Å²) < 4.78 is 5.85. The van der Waals surface area contributed by atoms with Crippen molar-refractivity contribution in [3.8, 4) is 0 Å². The molecule has 0 aliphatic carbocycles. The van der Waals surface area contributed by atoms with Crippen LogP contribution < -0.4 is 5.32 Å². The number of fused-ring (bicyclic) bond motifs is 3. The standard InChI is InChI=1S/C15H12N4O2S/c20-6-9-7-22-12(19-9)5-16-15-14-13(17-8-18-15)10-3-1-2-4-11(10)21-14/h1-4,7-8,20H,5-6H2,(H,16,17,18). The molecule has 2 N–H and O–H groups in total. The first kappa shape index (κ1) is 13.2. The first-order valence-electron chi connectivity index (χ1n) is 6.75. The van der Waals surface area contributed by atoms with Crippen LogP contribution in [0.3, 0.4) is 0 Å². The van der Waals surface area contributed by atoms with Gasteiger partial charge in [0, 0.05) is 10.8 Å². The van der Waals surface area contributed by atoms with Crippen molar-refractivity contribution in [1.82, 2.24) is 15.0 Å². The molecule has 0 spiro atoms. The molecule has 22 heavy (non-hydrogen) atoms. The third kappa shape index (κ3) is 2.20. The van der Waals surface area contributed by atoms with Crippen molar-refractivity contribution in [2.24, 2.45) is 0 Å². The van der Waals surface area contributed by atoms with E-state index in [1.807, 2.05) is 29.6 Å². The molecule has 110 valence electrons. The summed E-state index contributed by atoms with van der Waals surface area (Å²) in [7, 11) is 0. The van der Waals surface area contributed by atoms with E-state index >= 15 is 0 Å². The zero-order chi connectivity index (χ0) is 14.9. The minimum atomic E-state index is -0.0438. The van der Waals surface area contributed by atoms with Gasteiger partial charge in [-0.15, -0.1) is 11.3 Å². The molecular weight excluding hydrogens is 300 g/mol. The second kappa shape index (κ2) is 5.36. The van der Waals surface area contributed by atoms with Crippen molar-refractivity contribution in [2.45, 2.75) is 13.2 Å². The van der Waals surface area contributed by atoms with Crippen molar-refractivity contribution < 1.29 is 9.52 Å². The van der Waals surface area contributed by atoms with Gasteiger partial charge in [0.15, 0.2) is 11.4 Å². The minimum Gasteiger partial charge on any atom is -0.450 e. The molecule has 0 unspecified atom stereocenters. The molecular formula is C15H12N4O2S. The fourth-order valence-corrected chi connectivity index (χ4v) is 3.04. The lowest BCUT2D eigenvalue weighted by atomic mass is 10.2. The first-order chi connectivity index (χ1) is 10.8. The fourth-order valence-electron chi connectivity index (χ4n) is 2.31. The third-order valence-corrected chi connectivity index (χ3v) is 4.22. The minimum absolute atomic E-state index is 0.0438. The van der Waals surface area contributed by atoms with Crippen molar-refractivity contribution in [3.05, 3.63) is 46.7 Å². The number of nitrogens with one attached hydrogen (secondary N) is 1. The average Bonchev–Trinajstić information content (AvgIpc) is 3.17. The quantitative estimate of drug-likeness (QED) is 0.603. The van der Waals surface area contributed by atoms with E-state index < -0.39 is 0 Å². The molecule has 0 fully saturated rings. The highest BCUT2D eigenvalue weighted by atomic mass is 32.1. The molecule has 0 saturated heterocycles. The number of aliphatic hydroxyl groups is 1. The number of hydrogen-bond acceptors (Lipinski definition) is 7. The molecule has 3 aromatic heterocycles. The summed E-state index contributed by atoms with van der Waals surface area (Å²) in [5.74, 6) is 0.641. The molecule has 0 aliphatic heterocycles. The Kier molecular flexibility index (Phi) is 3.21. The normalized spacial score (nSPS) is 11.3. The maximum atomic E-state index is 9.05. The Morgan fingerprint density at radius 1 is 1.23 bits per heavy atom. The summed E-state index contributed by atoms with van der Waals surface area (Å²) in [5.41, 5.74) is 2.90. The lowest BCUT2D eigenvalue weighted by molar-refractivity contribution is 0.277. The number of nitrogens with zero attached hydrogens (tertiary/aromatic N) is 3. The predicted molar refractivity (Wildman–Crippen MR) is 84.7 cm³/mol. The molecule has 0 saturated carbocycles. The van der Waals surface area contributed by atoms with Gasteiger partial charge >= 0.3 is 0 Å². The molecule has 0 bridgehead atoms. The van der Waals surface area contributed by atoms with E-state index in [9.17, 15) is 0 Å². The zero-order valence-electron chi connectivity index (χ0n) is 11.5. The number of aliphatic hydroxyl groups excluding tert-OH is 1. The summed E-state index contributed by atoms with van der Waals surface area (Å²) in [5, 5.41) is 16.0. The second-order valence-corrected chi connectivity index (χ2v) is 5.69. The highest BCUT2D eigenvalue weighted by molar-refractivity contribution is 7.09. The summed E-state index contributed by atoms with van der Waals surface area (Å²) in [6.45, 7) is 0.478. The van der Waals surface area contributed by atoms with E-state index in [4.69, 9.17) is 9.52 Å². The number of thiazole rings is 1. The van der Waals surface area contributed by atoms with Gasteiger partial charge in [0.1, 0.15) is 22.4 Å². The van der Waals surface area contributed by atoms with Crippen LogP contribution in [0.1, 0.15) is 10.7 Å². The number of para-hydroxylation sites is 1. The molecule has 0 atom stereocenters. The Hall–Kier alpha value is -2.51. The molecule has 0 radical (unpaired) electrons. The molecule has 6 nitrogen and oxygen atoms in total. The fraction of sp³-hybridized carbons (Fsp3) is 0.133. The maximum absolute atomic E-state index is 9.05. The van der Waals surface area contributed by atoms with Gasteiger partial charge in [-0.25, -0.2) is 15.0 Å². The van der Waals surface area contributed by atoms with E-state index in [0.29, 0.717) is 23.6 Å². The topological polar surface area (TPSA) is 84.1 Å². The van der Waals surface area contributed by atoms with E-state index in [-0.39, 0.29) is 6.61 Å². The zero-order valence-corrected chi connectivity index (χ0v) is 12.3. The number of rotatable bonds is 4. The van der Waals surface area contributed by atoms with Crippen LogP contribution in [-0.4, -0.2) is 20.1 Å². The van der Waals surface area contributed by atoms with Gasteiger partial charge in [0.2, 0.25) is 0 Å². The van der Waals surface area contributed by atoms with Crippen LogP contribution in [0.4, 0.5) is 5.82 Å². The number of aromatic nitrogens is 3. The molecule has 7 heteroatoms. The largest absolute Gasteiger partial charge is 0.450 e. The van der Waals surface area contributed by atoms with Crippen molar-refractivity contribution in [1.29, 1.82) is 0 Å². The number of benzene rings is 1. The van der Waals surface area contributed by atoms with Crippen molar-refractivity contribution in [3.63, 3.8) is 0 Å². The Balaban J connectivity index is 1.69. The van der Waals surface area contributed by atoms with Crippen LogP contribution in [0.15, 0.2) is 40.4 Å². The van der Waals surface area contributed by atoms with Crippen molar-refractivity contribution >= 4 is 39.2 Å². The van der Waals surface area contributed by atoms with Crippen LogP contribution in [-0.2, 0) is 13.2 Å². The summed E-state index contributed by atoms with van der Waals surface area (Å²) >= 11 is 1.50. The van der Waals surface area contributed by atoms with Crippen LogP contribution in [0.5, 0.6) is 0 Å². The lowest BCUT2D eigenvalue weighted by Crippen LogP contribution is -2.02. The monoisotopic (exact) mass is 312 g/mol. The van der Waals surface area contributed by atoms with E-state index in [1.165, 1.54) is 17.7 Å². The smallest absolute Gasteiger partial charge is 0.196 e. The van der Waals surface area contributed by atoms with Crippen LogP contribution in [0.25, 0.3) is 22.1 Å². The Bertz CT molecular complexity index is 947. The molecule has 4 aromatic rings. The number of hydrogen-bond donors (Lipinski definition) is 2. The lowest BCUT2D eigenvalue weighted by Gasteiger charge is -2.02. The average molecular weight is 312 g/mol. The number of furan rings is 1. The molecule has 0 aliphatic rings. The Labute approximate surface area is 129 Å². The second-order valence-electron chi connectivity index (χ2n) is 4.74. The van der Waals surface area contributed by atoms with Gasteiger partial charge in [-0.3, -0.25) is 0 Å². The molecule has 0 amide bonds. The summed E-state index contributed by atoms with van der Waals surface area (Å²) in [6, 6.07) is 7.77. The van der Waals surface area contributed by atoms with Gasteiger partial charge in [0.05, 0.1) is 18.8 Å². The summed E-state index contributed by atoms with van der Waals surface area (Å²) in [4.78, 5) is 12.9. The van der Waals surface area contributed by atoms with Gasteiger partial charge < -0.3 is 14.8 Å². The summed E-state index contributed by atoms with van der Waals surface area (Å²) in [6.07, 6.45) is 1.52. The van der Waals surface area contributed by atoms with E-state index in [0.717, 1.165) is 21.5 Å². The van der Waals surface area contributed by atoms with E-state index in [2.05, 4.69) is 20.3 Å². The molecule has 4 rings (SSSR count). The van der Waals surface area contributed by atoms with Gasteiger partial charge in [-0.05, 0) is 12.1 Å². The maximum Gasteiger partial charge on any atom is 0.196 e. The van der Waals surface area contributed by atoms with Crippen LogP contribution in [0, 0.1) is 0 Å². The Morgan fingerprint density at radius 2 is 2.14 bits per heavy atom. The van der Waals surface area contributed by atoms with E-state index in [1.54, 1.807) is 0 Å². The van der Waals surface area contributed by atoms with Gasteiger partial charge in [0.25, 0.3) is 0 Å². The SMILES string of the molecule is OCc1csc(CNc2ncnc3c2oc2ccccc23)n1. The predicted octanol–water partition coefficient (Wildman–Crippen LogP) is 2.94.